The lowest BCUT2D eigenvalue weighted by Crippen LogP contribution is -1.83. The Bertz CT molecular complexity index is 888. The Balaban J connectivity index is 1.98. The van der Waals surface area contributed by atoms with E-state index in [1.54, 1.807) is 0 Å². The van der Waals surface area contributed by atoms with Crippen molar-refractivity contribution < 1.29 is 0 Å². The first-order valence-electron chi connectivity index (χ1n) is 7.05. The Labute approximate surface area is 123 Å². The molecule has 0 amide bonds. The number of aromatic amines is 1. The fraction of sp³-hybridized carbons (Fsp3) is 0. The summed E-state index contributed by atoms with van der Waals surface area (Å²) >= 11 is 0. The molecule has 0 saturated heterocycles. The van der Waals surface area contributed by atoms with Gasteiger partial charge in [0.05, 0.1) is 0 Å². The van der Waals surface area contributed by atoms with E-state index < -0.39 is 0 Å². The van der Waals surface area contributed by atoms with Gasteiger partial charge in [-0.1, -0.05) is 60.7 Å². The zero-order chi connectivity index (χ0) is 14.1. The van der Waals surface area contributed by atoms with Gasteiger partial charge in [-0.15, -0.1) is 0 Å². The second-order valence-corrected chi connectivity index (χ2v) is 5.09. The van der Waals surface area contributed by atoms with Crippen molar-refractivity contribution in [2.75, 3.05) is 0 Å². The lowest BCUT2D eigenvalue weighted by atomic mass is 9.94. The van der Waals surface area contributed by atoms with E-state index >= 15 is 0 Å². The average Bonchev–Trinajstić information content (AvgIpc) is 3.00. The number of hydrogen-bond donors (Lipinski definition) is 1. The van der Waals surface area contributed by atoms with Crippen LogP contribution in [0.25, 0.3) is 33.2 Å². The fourth-order valence-electron chi connectivity index (χ4n) is 2.82. The molecule has 1 N–H and O–H groups in total. The van der Waals surface area contributed by atoms with Gasteiger partial charge >= 0.3 is 0 Å². The first-order valence-corrected chi connectivity index (χ1v) is 7.05. The first kappa shape index (κ1) is 12.0. The standard InChI is InChI=1S/C20H14N/c1-2-8-15(9-3-1)16-10-4-5-11-17(16)19-14-21-20-13-7-6-12-18(19)20/h1-3,5-14,21H. The van der Waals surface area contributed by atoms with Gasteiger partial charge in [-0.2, -0.15) is 0 Å². The molecule has 1 nitrogen and oxygen atoms in total. The minimum Gasteiger partial charge on any atom is -0.361 e. The van der Waals surface area contributed by atoms with E-state index in [1.165, 1.54) is 33.2 Å². The maximum Gasteiger partial charge on any atom is 0.0460 e. The van der Waals surface area contributed by atoms with Crippen LogP contribution in [0.2, 0.25) is 0 Å². The van der Waals surface area contributed by atoms with Crippen LogP contribution in [0.1, 0.15) is 0 Å². The number of rotatable bonds is 2. The number of H-pyrrole nitrogens is 1. The van der Waals surface area contributed by atoms with Crippen LogP contribution < -0.4 is 0 Å². The highest BCUT2D eigenvalue weighted by molar-refractivity contribution is 5.99. The third kappa shape index (κ3) is 2.03. The smallest absolute Gasteiger partial charge is 0.0460 e. The Morgan fingerprint density at radius 1 is 0.714 bits per heavy atom. The Hall–Kier alpha value is -2.80. The van der Waals surface area contributed by atoms with Crippen LogP contribution in [0.3, 0.4) is 0 Å². The molecule has 0 aliphatic rings. The number of hydrogen-bond acceptors (Lipinski definition) is 0. The van der Waals surface area contributed by atoms with E-state index in [0.717, 1.165) is 0 Å². The second-order valence-electron chi connectivity index (χ2n) is 5.09. The highest BCUT2D eigenvalue weighted by atomic mass is 14.7. The first-order chi connectivity index (χ1) is 10.4. The highest BCUT2D eigenvalue weighted by Gasteiger charge is 2.10. The highest BCUT2D eigenvalue weighted by Crippen LogP contribution is 2.35. The summed E-state index contributed by atoms with van der Waals surface area (Å²) in [6.45, 7) is 0. The van der Waals surface area contributed by atoms with Gasteiger partial charge < -0.3 is 4.98 Å². The topological polar surface area (TPSA) is 15.8 Å². The maximum absolute atomic E-state index is 3.36. The minimum atomic E-state index is 1.17. The molecule has 3 aromatic carbocycles. The monoisotopic (exact) mass is 268 g/mol. The van der Waals surface area contributed by atoms with E-state index in [0.29, 0.717) is 0 Å². The molecule has 0 aliphatic heterocycles. The molecule has 0 aliphatic carbocycles. The van der Waals surface area contributed by atoms with Crippen LogP contribution in [0.4, 0.5) is 0 Å². The fourth-order valence-corrected chi connectivity index (χ4v) is 2.82. The quantitative estimate of drug-likeness (QED) is 0.507. The van der Waals surface area contributed by atoms with Gasteiger partial charge in [-0.3, -0.25) is 0 Å². The summed E-state index contributed by atoms with van der Waals surface area (Å²) in [4.78, 5) is 3.36. The lowest BCUT2D eigenvalue weighted by Gasteiger charge is -2.09. The molecular weight excluding hydrogens is 254 g/mol. The van der Waals surface area contributed by atoms with Crippen molar-refractivity contribution in [2.24, 2.45) is 0 Å². The molecule has 4 aromatic rings. The SMILES string of the molecule is [c]1ccc(-c2c[nH]c3ccccc23)c(-c2ccccc2)c1. The molecule has 0 atom stereocenters. The Morgan fingerprint density at radius 2 is 1.52 bits per heavy atom. The number of fused-ring (bicyclic) bond motifs is 1. The van der Waals surface area contributed by atoms with Gasteiger partial charge in [0.15, 0.2) is 0 Å². The van der Waals surface area contributed by atoms with Crippen LogP contribution in [-0.4, -0.2) is 4.98 Å². The Morgan fingerprint density at radius 3 is 2.43 bits per heavy atom. The van der Waals surface area contributed by atoms with E-state index in [-0.39, 0.29) is 0 Å². The summed E-state index contributed by atoms with van der Waals surface area (Å²) in [6.07, 6.45) is 2.09. The van der Waals surface area contributed by atoms with Crippen molar-refractivity contribution in [1.82, 2.24) is 4.98 Å². The predicted octanol–water partition coefficient (Wildman–Crippen LogP) is 5.30. The predicted molar refractivity (Wildman–Crippen MR) is 88.0 cm³/mol. The van der Waals surface area contributed by atoms with Crippen molar-refractivity contribution in [3.05, 3.63) is 85.1 Å². The molecule has 99 valence electrons. The third-order valence-electron chi connectivity index (χ3n) is 3.83. The summed E-state index contributed by atoms with van der Waals surface area (Å²) in [5, 5.41) is 1.25. The molecule has 4 rings (SSSR count). The zero-order valence-electron chi connectivity index (χ0n) is 11.5. The normalized spacial score (nSPS) is 10.9. The molecule has 0 unspecified atom stereocenters. The van der Waals surface area contributed by atoms with Gasteiger partial charge in [0.1, 0.15) is 0 Å². The molecular formula is C20H14N. The molecule has 1 heteroatoms. The average molecular weight is 268 g/mol. The molecule has 0 bridgehead atoms. The van der Waals surface area contributed by atoms with Crippen LogP contribution in [0.15, 0.2) is 79.0 Å². The van der Waals surface area contributed by atoms with E-state index in [4.69, 9.17) is 0 Å². The molecule has 0 saturated carbocycles. The molecule has 0 fully saturated rings. The second kappa shape index (κ2) is 4.95. The van der Waals surface area contributed by atoms with Crippen molar-refractivity contribution in [2.45, 2.75) is 0 Å². The van der Waals surface area contributed by atoms with E-state index in [2.05, 4.69) is 77.9 Å². The number of aromatic nitrogens is 1. The van der Waals surface area contributed by atoms with Crippen molar-refractivity contribution in [3.8, 4) is 22.3 Å². The number of para-hydroxylation sites is 1. The molecule has 1 radical (unpaired) electrons. The van der Waals surface area contributed by atoms with Gasteiger partial charge in [0, 0.05) is 22.7 Å². The number of benzene rings is 3. The van der Waals surface area contributed by atoms with Crippen LogP contribution in [-0.2, 0) is 0 Å². The molecule has 1 heterocycles. The van der Waals surface area contributed by atoms with E-state index in [9.17, 15) is 0 Å². The largest absolute Gasteiger partial charge is 0.361 e. The summed E-state index contributed by atoms with van der Waals surface area (Å²) in [5.41, 5.74) is 6.06. The van der Waals surface area contributed by atoms with Gasteiger partial charge in [-0.05, 0) is 34.9 Å². The molecule has 21 heavy (non-hydrogen) atoms. The molecule has 1 aromatic heterocycles. The summed E-state index contributed by atoms with van der Waals surface area (Å²) in [7, 11) is 0. The summed E-state index contributed by atoms with van der Waals surface area (Å²) in [6, 6.07) is 28.2. The Kier molecular flexibility index (Phi) is 2.82. The maximum atomic E-state index is 3.36. The van der Waals surface area contributed by atoms with Gasteiger partial charge in [-0.25, -0.2) is 0 Å². The van der Waals surface area contributed by atoms with Gasteiger partial charge in [0.2, 0.25) is 0 Å². The van der Waals surface area contributed by atoms with E-state index in [1.807, 2.05) is 12.1 Å². The zero-order valence-corrected chi connectivity index (χ0v) is 11.5. The summed E-state index contributed by atoms with van der Waals surface area (Å²) < 4.78 is 0. The summed E-state index contributed by atoms with van der Waals surface area (Å²) in [5.74, 6) is 0. The van der Waals surface area contributed by atoms with Crippen LogP contribution >= 0.6 is 0 Å². The minimum absolute atomic E-state index is 1.17. The van der Waals surface area contributed by atoms with Crippen LogP contribution in [0.5, 0.6) is 0 Å². The van der Waals surface area contributed by atoms with Gasteiger partial charge in [0.25, 0.3) is 0 Å². The third-order valence-corrected chi connectivity index (χ3v) is 3.83. The van der Waals surface area contributed by atoms with Crippen molar-refractivity contribution in [1.29, 1.82) is 0 Å². The lowest BCUT2D eigenvalue weighted by molar-refractivity contribution is 1.47. The van der Waals surface area contributed by atoms with Crippen molar-refractivity contribution in [3.63, 3.8) is 0 Å². The molecule has 0 spiro atoms. The number of nitrogens with one attached hydrogen (secondary N) is 1. The van der Waals surface area contributed by atoms with Crippen molar-refractivity contribution >= 4 is 10.9 Å². The van der Waals surface area contributed by atoms with Crippen LogP contribution in [0, 0.1) is 6.07 Å².